The number of hydrogen-bond acceptors (Lipinski definition) is 2. The first-order chi connectivity index (χ1) is 9.65. The molecule has 0 amide bonds. The van der Waals surface area contributed by atoms with E-state index in [0.717, 1.165) is 24.3 Å². The molecule has 1 N–H and O–H groups in total. The van der Waals surface area contributed by atoms with Crippen molar-refractivity contribution in [1.82, 2.24) is 9.78 Å². The Kier molecular flexibility index (Phi) is 5.04. The Morgan fingerprint density at radius 2 is 2.00 bits per heavy atom. The summed E-state index contributed by atoms with van der Waals surface area (Å²) in [7, 11) is 0. The zero-order valence-corrected chi connectivity index (χ0v) is 12.1. The van der Waals surface area contributed by atoms with Crippen LogP contribution in [0.15, 0.2) is 41.2 Å². The molecule has 0 saturated carbocycles. The molecule has 1 aromatic heterocycles. The van der Waals surface area contributed by atoms with Crippen LogP contribution in [0.25, 0.3) is 0 Å². The minimum atomic E-state index is 0.0420. The quantitative estimate of drug-likeness (QED) is 0.789. The first-order valence-corrected chi connectivity index (χ1v) is 7.11. The van der Waals surface area contributed by atoms with Gasteiger partial charge in [0.25, 0.3) is 5.56 Å². The van der Waals surface area contributed by atoms with E-state index < -0.39 is 0 Å². The number of nitrogens with zero attached hydrogens (tertiary/aromatic N) is 1. The number of rotatable bonds is 7. The summed E-state index contributed by atoms with van der Waals surface area (Å²) in [5.74, 6) is 1.41. The third kappa shape index (κ3) is 4.30. The number of benzene rings is 1. The zero-order chi connectivity index (χ0) is 14.4. The van der Waals surface area contributed by atoms with Crippen LogP contribution in [-0.2, 0) is 13.0 Å². The topological polar surface area (TPSA) is 47.0 Å². The summed E-state index contributed by atoms with van der Waals surface area (Å²) in [5.41, 5.74) is 1.05. The molecule has 0 aliphatic carbocycles. The van der Waals surface area contributed by atoms with Crippen molar-refractivity contribution in [2.75, 3.05) is 6.61 Å². The average Bonchev–Trinajstić information content (AvgIpc) is 2.75. The minimum absolute atomic E-state index is 0.0420. The Balaban J connectivity index is 1.79. The minimum Gasteiger partial charge on any atom is -0.494 e. The van der Waals surface area contributed by atoms with Gasteiger partial charge in [0.2, 0.25) is 0 Å². The molecule has 0 radical (unpaired) electrons. The maximum Gasteiger partial charge on any atom is 0.266 e. The normalized spacial score (nSPS) is 10.9. The fraction of sp³-hybridized carbons (Fsp3) is 0.438. The molecule has 0 unspecified atom stereocenters. The molecule has 0 saturated heterocycles. The van der Waals surface area contributed by atoms with Gasteiger partial charge in [-0.1, -0.05) is 32.0 Å². The molecule has 4 heteroatoms. The van der Waals surface area contributed by atoms with E-state index >= 15 is 0 Å². The van der Waals surface area contributed by atoms with Gasteiger partial charge in [0, 0.05) is 24.7 Å². The fourth-order valence-corrected chi connectivity index (χ4v) is 2.13. The van der Waals surface area contributed by atoms with E-state index in [2.05, 4.69) is 18.9 Å². The van der Waals surface area contributed by atoms with Gasteiger partial charge in [-0.25, -0.2) is 0 Å². The van der Waals surface area contributed by atoms with Crippen LogP contribution in [0.2, 0.25) is 0 Å². The molecule has 2 rings (SSSR count). The second kappa shape index (κ2) is 6.98. The van der Waals surface area contributed by atoms with Gasteiger partial charge < -0.3 is 4.74 Å². The number of hydrogen-bond donors (Lipinski definition) is 1. The van der Waals surface area contributed by atoms with Crippen molar-refractivity contribution in [1.29, 1.82) is 0 Å². The summed E-state index contributed by atoms with van der Waals surface area (Å²) in [4.78, 5) is 11.8. The molecule has 20 heavy (non-hydrogen) atoms. The molecule has 0 aliphatic rings. The van der Waals surface area contributed by atoms with E-state index in [9.17, 15) is 4.79 Å². The van der Waals surface area contributed by atoms with E-state index in [1.807, 2.05) is 30.3 Å². The summed E-state index contributed by atoms with van der Waals surface area (Å²) in [6.07, 6.45) is 1.71. The molecule has 0 bridgehead atoms. The third-order valence-electron chi connectivity index (χ3n) is 3.01. The molecule has 4 nitrogen and oxygen atoms in total. The highest BCUT2D eigenvalue weighted by Gasteiger charge is 2.04. The highest BCUT2D eigenvalue weighted by atomic mass is 16.5. The number of aromatic amines is 1. The monoisotopic (exact) mass is 274 g/mol. The number of aryl methyl sites for hydroxylation is 1. The van der Waals surface area contributed by atoms with Crippen molar-refractivity contribution in [3.05, 3.63) is 52.4 Å². The van der Waals surface area contributed by atoms with Crippen LogP contribution in [0.1, 0.15) is 26.0 Å². The highest BCUT2D eigenvalue weighted by molar-refractivity contribution is 5.20. The Labute approximate surface area is 119 Å². The summed E-state index contributed by atoms with van der Waals surface area (Å²) in [6.45, 7) is 5.55. The zero-order valence-electron chi connectivity index (χ0n) is 12.1. The van der Waals surface area contributed by atoms with Crippen LogP contribution in [0.4, 0.5) is 0 Å². The van der Waals surface area contributed by atoms with Crippen LogP contribution in [0, 0.1) is 5.92 Å². The summed E-state index contributed by atoms with van der Waals surface area (Å²) in [5, 5.41) is 3.16. The fourth-order valence-electron chi connectivity index (χ4n) is 2.13. The van der Waals surface area contributed by atoms with Gasteiger partial charge in [0.1, 0.15) is 5.75 Å². The van der Waals surface area contributed by atoms with E-state index in [1.165, 1.54) is 0 Å². The van der Waals surface area contributed by atoms with Gasteiger partial charge in [-0.15, -0.1) is 0 Å². The molecule has 108 valence electrons. The number of ether oxygens (including phenoxy) is 1. The Bertz CT molecular complexity index is 570. The maximum atomic E-state index is 11.8. The molecular formula is C16H22N2O2. The van der Waals surface area contributed by atoms with Crippen molar-refractivity contribution in [2.45, 2.75) is 33.2 Å². The lowest BCUT2D eigenvalue weighted by Gasteiger charge is -2.06. The lowest BCUT2D eigenvalue weighted by Crippen LogP contribution is -2.17. The number of nitrogens with one attached hydrogen (secondary N) is 1. The van der Waals surface area contributed by atoms with E-state index in [1.54, 1.807) is 10.7 Å². The van der Waals surface area contributed by atoms with Gasteiger partial charge in [-0.3, -0.25) is 14.6 Å². The van der Waals surface area contributed by atoms with Crippen molar-refractivity contribution < 1.29 is 4.74 Å². The molecule has 2 aromatic rings. The van der Waals surface area contributed by atoms with Gasteiger partial charge in [0.15, 0.2) is 0 Å². The van der Waals surface area contributed by atoms with E-state index in [4.69, 9.17) is 4.74 Å². The summed E-state index contributed by atoms with van der Waals surface area (Å²) < 4.78 is 7.27. The standard InChI is InChI=1S/C16H22N2O2/c1-13(2)11-14-12-16(19)18(17-14)9-6-10-20-15-7-4-3-5-8-15/h3-5,7-8,12-13,17H,6,9-11H2,1-2H3. The molecule has 1 aromatic carbocycles. The van der Waals surface area contributed by atoms with Crippen LogP contribution < -0.4 is 10.3 Å². The van der Waals surface area contributed by atoms with Gasteiger partial charge >= 0.3 is 0 Å². The summed E-state index contributed by atoms with van der Waals surface area (Å²) >= 11 is 0. The van der Waals surface area contributed by atoms with Crippen molar-refractivity contribution in [3.8, 4) is 5.75 Å². The number of H-pyrrole nitrogens is 1. The highest BCUT2D eigenvalue weighted by Crippen LogP contribution is 2.08. The smallest absolute Gasteiger partial charge is 0.266 e. The van der Waals surface area contributed by atoms with Crippen molar-refractivity contribution >= 4 is 0 Å². The predicted octanol–water partition coefficient (Wildman–Crippen LogP) is 2.84. The molecular weight excluding hydrogens is 252 g/mol. The first-order valence-electron chi connectivity index (χ1n) is 7.11. The second-order valence-electron chi connectivity index (χ2n) is 5.38. The average molecular weight is 274 g/mol. The first kappa shape index (κ1) is 14.4. The number of para-hydroxylation sites is 1. The van der Waals surface area contributed by atoms with E-state index in [-0.39, 0.29) is 5.56 Å². The Hall–Kier alpha value is -1.97. The maximum absolute atomic E-state index is 11.8. The van der Waals surface area contributed by atoms with Gasteiger partial charge in [-0.05, 0) is 24.5 Å². The largest absolute Gasteiger partial charge is 0.494 e. The SMILES string of the molecule is CC(C)Cc1cc(=O)n(CCCOc2ccccc2)[nH]1. The van der Waals surface area contributed by atoms with Crippen molar-refractivity contribution in [3.63, 3.8) is 0 Å². The van der Waals surface area contributed by atoms with Crippen LogP contribution in [-0.4, -0.2) is 16.4 Å². The van der Waals surface area contributed by atoms with E-state index in [0.29, 0.717) is 19.1 Å². The van der Waals surface area contributed by atoms with Crippen LogP contribution in [0.5, 0.6) is 5.75 Å². The summed E-state index contributed by atoms with van der Waals surface area (Å²) in [6, 6.07) is 11.4. The van der Waals surface area contributed by atoms with Crippen LogP contribution >= 0.6 is 0 Å². The molecule has 0 atom stereocenters. The molecule has 1 heterocycles. The Morgan fingerprint density at radius 1 is 1.25 bits per heavy atom. The van der Waals surface area contributed by atoms with Crippen LogP contribution in [0.3, 0.4) is 0 Å². The lowest BCUT2D eigenvalue weighted by molar-refractivity contribution is 0.297. The second-order valence-corrected chi connectivity index (χ2v) is 5.38. The third-order valence-corrected chi connectivity index (χ3v) is 3.01. The molecule has 0 aliphatic heterocycles. The molecule has 0 fully saturated rings. The predicted molar refractivity (Wildman–Crippen MR) is 80.1 cm³/mol. The number of aromatic nitrogens is 2. The van der Waals surface area contributed by atoms with Gasteiger partial charge in [0.05, 0.1) is 6.61 Å². The van der Waals surface area contributed by atoms with Gasteiger partial charge in [-0.2, -0.15) is 0 Å². The molecule has 0 spiro atoms. The lowest BCUT2D eigenvalue weighted by atomic mass is 10.1. The van der Waals surface area contributed by atoms with Crippen molar-refractivity contribution in [2.24, 2.45) is 5.92 Å². The Morgan fingerprint density at radius 3 is 2.70 bits per heavy atom.